The van der Waals surface area contributed by atoms with Gasteiger partial charge >= 0.3 is 0 Å². The quantitative estimate of drug-likeness (QED) is 0.331. The zero-order valence-corrected chi connectivity index (χ0v) is 11.1. The molecule has 4 nitrogen and oxygen atoms in total. The van der Waals surface area contributed by atoms with Gasteiger partial charge in [0.05, 0.1) is 6.04 Å². The van der Waals surface area contributed by atoms with E-state index in [-0.39, 0.29) is 12.6 Å². The molecule has 0 amide bonds. The molecule has 0 aliphatic carbocycles. The fourth-order valence-electron chi connectivity index (χ4n) is 1.91. The molecular formula is C14H21N3O. The lowest BCUT2D eigenvalue weighted by molar-refractivity contribution is 0.281. The smallest absolute Gasteiger partial charge is 0.0625 e. The van der Waals surface area contributed by atoms with Gasteiger partial charge in [-0.1, -0.05) is 49.6 Å². The zero-order chi connectivity index (χ0) is 13.4. The molecule has 1 N–H and O–H groups in total. The largest absolute Gasteiger partial charge is 0.396 e. The molecule has 0 aromatic heterocycles. The molecule has 1 aromatic rings. The second-order valence-corrected chi connectivity index (χ2v) is 4.76. The summed E-state index contributed by atoms with van der Waals surface area (Å²) in [5, 5.41) is 12.6. The fourth-order valence-corrected chi connectivity index (χ4v) is 1.91. The Morgan fingerprint density at radius 3 is 2.28 bits per heavy atom. The average Bonchev–Trinajstić information content (AvgIpc) is 2.38. The summed E-state index contributed by atoms with van der Waals surface area (Å²) in [7, 11) is 0. The van der Waals surface area contributed by atoms with E-state index in [9.17, 15) is 0 Å². The molecule has 1 rings (SSSR count). The minimum absolute atomic E-state index is 0.122. The molecule has 0 spiro atoms. The summed E-state index contributed by atoms with van der Waals surface area (Å²) < 4.78 is 0. The van der Waals surface area contributed by atoms with Crippen molar-refractivity contribution in [2.75, 3.05) is 6.61 Å². The van der Waals surface area contributed by atoms with Crippen molar-refractivity contribution in [2.24, 2.45) is 5.11 Å². The summed E-state index contributed by atoms with van der Waals surface area (Å²) in [5.41, 5.74) is 10.9. The Morgan fingerprint density at radius 1 is 1.17 bits per heavy atom. The highest BCUT2D eigenvalue weighted by atomic mass is 16.2. The van der Waals surface area contributed by atoms with Crippen molar-refractivity contribution in [3.63, 3.8) is 0 Å². The van der Waals surface area contributed by atoms with Crippen LogP contribution in [-0.2, 0) is 0 Å². The highest BCUT2D eigenvalue weighted by Crippen LogP contribution is 2.25. The number of hydrogen-bond acceptors (Lipinski definition) is 2. The Hall–Kier alpha value is -1.51. The number of nitrogens with zero attached hydrogens (tertiary/aromatic N) is 3. The van der Waals surface area contributed by atoms with Crippen LogP contribution in [0.15, 0.2) is 29.4 Å². The van der Waals surface area contributed by atoms with Crippen LogP contribution < -0.4 is 0 Å². The molecule has 1 unspecified atom stereocenters. The monoisotopic (exact) mass is 247 g/mol. The first-order valence-electron chi connectivity index (χ1n) is 6.44. The van der Waals surface area contributed by atoms with Crippen LogP contribution in [0.4, 0.5) is 0 Å². The normalized spacial score (nSPS) is 12.2. The van der Waals surface area contributed by atoms with E-state index in [0.717, 1.165) is 24.8 Å². The third-order valence-corrected chi connectivity index (χ3v) is 3.06. The first-order valence-corrected chi connectivity index (χ1v) is 6.44. The van der Waals surface area contributed by atoms with E-state index in [1.807, 2.05) is 12.1 Å². The molecule has 18 heavy (non-hydrogen) atoms. The van der Waals surface area contributed by atoms with Gasteiger partial charge in [0.2, 0.25) is 0 Å². The van der Waals surface area contributed by atoms with E-state index in [2.05, 4.69) is 36.0 Å². The summed E-state index contributed by atoms with van der Waals surface area (Å²) in [4.78, 5) is 2.91. The third kappa shape index (κ3) is 4.40. The van der Waals surface area contributed by atoms with Crippen molar-refractivity contribution in [3.05, 3.63) is 45.8 Å². The number of unbranched alkanes of at least 4 members (excludes halogenated alkanes) is 1. The first kappa shape index (κ1) is 14.6. The number of aliphatic hydroxyl groups excluding tert-OH is 1. The molecular weight excluding hydrogens is 226 g/mol. The number of azide groups is 1. The Labute approximate surface area is 108 Å². The SMILES string of the molecule is CC(C)c1ccc(C(CCCCO)N=[N+]=[N-])cc1. The standard InChI is InChI=1S/C14H21N3O/c1-11(2)12-6-8-13(9-7-12)14(16-17-15)5-3-4-10-18/h6-9,11,14,18H,3-5,10H2,1-2H3. The van der Waals surface area contributed by atoms with Crippen molar-refractivity contribution in [2.45, 2.75) is 45.1 Å². The summed E-state index contributed by atoms with van der Waals surface area (Å²) >= 11 is 0. The molecule has 4 heteroatoms. The van der Waals surface area contributed by atoms with Gasteiger partial charge in [0, 0.05) is 11.5 Å². The van der Waals surface area contributed by atoms with Crippen LogP contribution in [0, 0.1) is 0 Å². The first-order chi connectivity index (χ1) is 8.69. The van der Waals surface area contributed by atoms with Crippen LogP contribution in [0.2, 0.25) is 0 Å². The summed E-state index contributed by atoms with van der Waals surface area (Å²) in [6, 6.07) is 8.13. The zero-order valence-electron chi connectivity index (χ0n) is 11.1. The van der Waals surface area contributed by atoms with Gasteiger partial charge in [-0.3, -0.25) is 0 Å². The lowest BCUT2D eigenvalue weighted by atomic mass is 9.97. The molecule has 0 fully saturated rings. The maximum Gasteiger partial charge on any atom is 0.0625 e. The van der Waals surface area contributed by atoms with Gasteiger partial charge in [-0.25, -0.2) is 0 Å². The van der Waals surface area contributed by atoms with Crippen molar-refractivity contribution in [3.8, 4) is 0 Å². The van der Waals surface area contributed by atoms with Gasteiger partial charge in [0.1, 0.15) is 0 Å². The topological polar surface area (TPSA) is 69.0 Å². The van der Waals surface area contributed by atoms with Gasteiger partial charge in [-0.15, -0.1) is 0 Å². The number of aliphatic hydroxyl groups is 1. The molecule has 0 heterocycles. The van der Waals surface area contributed by atoms with Gasteiger partial charge < -0.3 is 5.11 Å². The minimum Gasteiger partial charge on any atom is -0.396 e. The lowest BCUT2D eigenvalue weighted by Crippen LogP contribution is -1.97. The Kier molecular flexibility index (Phi) is 6.26. The van der Waals surface area contributed by atoms with Gasteiger partial charge in [-0.05, 0) is 35.4 Å². The van der Waals surface area contributed by atoms with E-state index in [1.165, 1.54) is 5.56 Å². The average molecular weight is 247 g/mol. The van der Waals surface area contributed by atoms with Crippen molar-refractivity contribution in [1.29, 1.82) is 0 Å². The van der Waals surface area contributed by atoms with Crippen LogP contribution in [0.5, 0.6) is 0 Å². The molecule has 0 aliphatic heterocycles. The predicted molar refractivity (Wildman–Crippen MR) is 73.4 cm³/mol. The summed E-state index contributed by atoms with van der Waals surface area (Å²) in [6.07, 6.45) is 2.40. The Bertz CT molecular complexity index is 394. The molecule has 1 atom stereocenters. The van der Waals surface area contributed by atoms with E-state index < -0.39 is 0 Å². The van der Waals surface area contributed by atoms with E-state index in [0.29, 0.717) is 5.92 Å². The number of hydrogen-bond donors (Lipinski definition) is 1. The third-order valence-electron chi connectivity index (χ3n) is 3.06. The molecule has 98 valence electrons. The molecule has 0 radical (unpaired) electrons. The highest BCUT2D eigenvalue weighted by molar-refractivity contribution is 5.26. The van der Waals surface area contributed by atoms with Crippen LogP contribution in [0.25, 0.3) is 10.4 Å². The van der Waals surface area contributed by atoms with Gasteiger partial charge in [-0.2, -0.15) is 0 Å². The number of benzene rings is 1. The maximum atomic E-state index is 8.77. The summed E-state index contributed by atoms with van der Waals surface area (Å²) in [5.74, 6) is 0.506. The van der Waals surface area contributed by atoms with Crippen LogP contribution in [0.1, 0.15) is 56.2 Å². The maximum absolute atomic E-state index is 8.77. The van der Waals surface area contributed by atoms with E-state index in [4.69, 9.17) is 10.6 Å². The van der Waals surface area contributed by atoms with Crippen molar-refractivity contribution >= 4 is 0 Å². The Morgan fingerprint density at radius 2 is 1.78 bits per heavy atom. The second kappa shape index (κ2) is 7.75. The molecule has 0 saturated heterocycles. The van der Waals surface area contributed by atoms with Gasteiger partial charge in [0.15, 0.2) is 0 Å². The molecule has 1 aromatic carbocycles. The number of rotatable bonds is 7. The van der Waals surface area contributed by atoms with Gasteiger partial charge in [0.25, 0.3) is 0 Å². The minimum atomic E-state index is -0.122. The summed E-state index contributed by atoms with van der Waals surface area (Å²) in [6.45, 7) is 4.50. The second-order valence-electron chi connectivity index (χ2n) is 4.76. The van der Waals surface area contributed by atoms with Crippen LogP contribution >= 0.6 is 0 Å². The van der Waals surface area contributed by atoms with E-state index >= 15 is 0 Å². The van der Waals surface area contributed by atoms with Crippen molar-refractivity contribution < 1.29 is 5.11 Å². The molecule has 0 bridgehead atoms. The van der Waals surface area contributed by atoms with E-state index in [1.54, 1.807) is 0 Å². The Balaban J connectivity index is 2.75. The van der Waals surface area contributed by atoms with Crippen LogP contribution in [0.3, 0.4) is 0 Å². The van der Waals surface area contributed by atoms with Crippen molar-refractivity contribution in [1.82, 2.24) is 0 Å². The fraction of sp³-hybridized carbons (Fsp3) is 0.571. The highest BCUT2D eigenvalue weighted by Gasteiger charge is 2.09. The molecule has 0 saturated carbocycles. The lowest BCUT2D eigenvalue weighted by Gasteiger charge is -2.13. The van der Waals surface area contributed by atoms with Crippen LogP contribution in [-0.4, -0.2) is 11.7 Å². The molecule has 0 aliphatic rings. The predicted octanol–water partition coefficient (Wildman–Crippen LogP) is 4.32.